The molecular formula is C13H19N3O4S. The van der Waals surface area contributed by atoms with Gasteiger partial charge in [-0.1, -0.05) is 24.6 Å². The summed E-state index contributed by atoms with van der Waals surface area (Å²) in [5.41, 5.74) is 0.290. The van der Waals surface area contributed by atoms with Crippen molar-refractivity contribution in [1.82, 2.24) is 10.0 Å². The molecule has 0 saturated carbocycles. The van der Waals surface area contributed by atoms with E-state index < -0.39 is 14.9 Å². The average molecular weight is 313 g/mol. The van der Waals surface area contributed by atoms with E-state index >= 15 is 0 Å². The van der Waals surface area contributed by atoms with E-state index in [1.807, 2.05) is 0 Å². The highest BCUT2D eigenvalue weighted by atomic mass is 32.2. The van der Waals surface area contributed by atoms with Gasteiger partial charge in [-0.05, 0) is 19.4 Å². The summed E-state index contributed by atoms with van der Waals surface area (Å²) < 4.78 is 26.5. The summed E-state index contributed by atoms with van der Waals surface area (Å²) in [7, 11) is -3.46. The second kappa shape index (κ2) is 6.97. The molecule has 0 radical (unpaired) electrons. The SMILES string of the molecule is O=[N+]([O-])c1ccccc1CNS(=O)(=O)CC1CCCCN1. The maximum Gasteiger partial charge on any atom is 0.273 e. The molecular weight excluding hydrogens is 294 g/mol. The zero-order valence-electron chi connectivity index (χ0n) is 11.6. The van der Waals surface area contributed by atoms with E-state index in [9.17, 15) is 18.5 Å². The minimum Gasteiger partial charge on any atom is -0.313 e. The van der Waals surface area contributed by atoms with Crippen molar-refractivity contribution in [3.8, 4) is 0 Å². The smallest absolute Gasteiger partial charge is 0.273 e. The first-order valence-corrected chi connectivity index (χ1v) is 8.56. The fraction of sp³-hybridized carbons (Fsp3) is 0.538. The van der Waals surface area contributed by atoms with Crippen molar-refractivity contribution in [3.63, 3.8) is 0 Å². The molecule has 2 N–H and O–H groups in total. The highest BCUT2D eigenvalue weighted by molar-refractivity contribution is 7.89. The average Bonchev–Trinajstić information content (AvgIpc) is 2.46. The molecule has 0 spiro atoms. The van der Waals surface area contributed by atoms with Crippen LogP contribution in [0.1, 0.15) is 24.8 Å². The number of nitro benzene ring substituents is 1. The van der Waals surface area contributed by atoms with Crippen LogP contribution in [0.5, 0.6) is 0 Å². The molecule has 0 aromatic heterocycles. The molecule has 21 heavy (non-hydrogen) atoms. The Morgan fingerprint density at radius 1 is 1.33 bits per heavy atom. The lowest BCUT2D eigenvalue weighted by Crippen LogP contribution is -2.42. The molecule has 1 aromatic rings. The second-order valence-corrected chi connectivity index (χ2v) is 6.99. The molecule has 1 heterocycles. The van der Waals surface area contributed by atoms with E-state index in [0.717, 1.165) is 25.8 Å². The zero-order valence-corrected chi connectivity index (χ0v) is 12.4. The highest BCUT2D eigenvalue weighted by Gasteiger charge is 2.21. The van der Waals surface area contributed by atoms with Crippen LogP contribution in [0.2, 0.25) is 0 Å². The Bertz CT molecular complexity index is 597. The van der Waals surface area contributed by atoms with Crippen LogP contribution in [0.25, 0.3) is 0 Å². The number of piperidine rings is 1. The Balaban J connectivity index is 1.96. The lowest BCUT2D eigenvalue weighted by Gasteiger charge is -2.23. The van der Waals surface area contributed by atoms with Gasteiger partial charge in [0.25, 0.3) is 5.69 Å². The van der Waals surface area contributed by atoms with Gasteiger partial charge in [0, 0.05) is 24.2 Å². The molecule has 0 aliphatic carbocycles. The largest absolute Gasteiger partial charge is 0.313 e. The number of hydrogen-bond acceptors (Lipinski definition) is 5. The minimum atomic E-state index is -3.46. The molecule has 0 amide bonds. The van der Waals surface area contributed by atoms with E-state index in [4.69, 9.17) is 0 Å². The van der Waals surface area contributed by atoms with Gasteiger partial charge in [-0.15, -0.1) is 0 Å². The number of benzene rings is 1. The Hall–Kier alpha value is -1.51. The van der Waals surface area contributed by atoms with Gasteiger partial charge >= 0.3 is 0 Å². The van der Waals surface area contributed by atoms with Gasteiger partial charge in [0.1, 0.15) is 0 Å². The zero-order chi connectivity index (χ0) is 15.3. The monoisotopic (exact) mass is 313 g/mol. The number of para-hydroxylation sites is 1. The molecule has 1 unspecified atom stereocenters. The number of rotatable bonds is 6. The normalized spacial score (nSPS) is 19.3. The fourth-order valence-electron chi connectivity index (χ4n) is 2.42. The van der Waals surface area contributed by atoms with E-state index in [1.54, 1.807) is 18.2 Å². The maximum atomic E-state index is 12.0. The molecule has 1 saturated heterocycles. The van der Waals surface area contributed by atoms with Gasteiger partial charge in [-0.2, -0.15) is 0 Å². The number of nitrogens with zero attached hydrogens (tertiary/aromatic N) is 1. The number of sulfonamides is 1. The second-order valence-electron chi connectivity index (χ2n) is 5.14. The van der Waals surface area contributed by atoms with Crippen LogP contribution in [-0.4, -0.2) is 31.7 Å². The molecule has 0 bridgehead atoms. The van der Waals surface area contributed by atoms with Crippen LogP contribution in [0.3, 0.4) is 0 Å². The first-order valence-electron chi connectivity index (χ1n) is 6.91. The van der Waals surface area contributed by atoms with Crippen molar-refractivity contribution in [1.29, 1.82) is 0 Å². The Morgan fingerprint density at radius 2 is 2.10 bits per heavy atom. The number of nitrogens with one attached hydrogen (secondary N) is 2. The van der Waals surface area contributed by atoms with Crippen LogP contribution in [-0.2, 0) is 16.6 Å². The van der Waals surface area contributed by atoms with E-state index in [0.29, 0.717) is 5.56 Å². The number of hydrogen-bond donors (Lipinski definition) is 2. The molecule has 7 nitrogen and oxygen atoms in total. The lowest BCUT2D eigenvalue weighted by atomic mass is 10.1. The van der Waals surface area contributed by atoms with Gasteiger partial charge in [0.05, 0.1) is 10.7 Å². The number of nitro groups is 1. The van der Waals surface area contributed by atoms with E-state index in [1.165, 1.54) is 6.07 Å². The summed E-state index contributed by atoms with van der Waals surface area (Å²) in [6.07, 6.45) is 2.93. The molecule has 1 aliphatic heterocycles. The molecule has 1 aliphatic rings. The summed E-state index contributed by atoms with van der Waals surface area (Å²) in [6.45, 7) is 0.774. The van der Waals surface area contributed by atoms with Crippen LogP contribution >= 0.6 is 0 Å². The van der Waals surface area contributed by atoms with Crippen molar-refractivity contribution in [3.05, 3.63) is 39.9 Å². The topological polar surface area (TPSA) is 101 Å². The molecule has 1 fully saturated rings. The van der Waals surface area contributed by atoms with Gasteiger partial charge in [0.2, 0.25) is 10.0 Å². The van der Waals surface area contributed by atoms with Crippen molar-refractivity contribution < 1.29 is 13.3 Å². The van der Waals surface area contributed by atoms with Crippen molar-refractivity contribution in [2.45, 2.75) is 31.8 Å². The van der Waals surface area contributed by atoms with Crippen LogP contribution in [0.15, 0.2) is 24.3 Å². The Kier molecular flexibility index (Phi) is 5.27. The third-order valence-corrected chi connectivity index (χ3v) is 4.93. The van der Waals surface area contributed by atoms with Crippen LogP contribution in [0.4, 0.5) is 5.69 Å². The fourth-order valence-corrected chi connectivity index (χ4v) is 3.72. The Morgan fingerprint density at radius 3 is 2.76 bits per heavy atom. The molecule has 1 aromatic carbocycles. The van der Waals surface area contributed by atoms with E-state index in [2.05, 4.69) is 10.0 Å². The van der Waals surface area contributed by atoms with Crippen molar-refractivity contribution in [2.24, 2.45) is 0 Å². The molecule has 116 valence electrons. The summed E-state index contributed by atoms with van der Waals surface area (Å²) in [6, 6.07) is 6.09. The highest BCUT2D eigenvalue weighted by Crippen LogP contribution is 2.17. The van der Waals surface area contributed by atoms with Crippen molar-refractivity contribution in [2.75, 3.05) is 12.3 Å². The van der Waals surface area contributed by atoms with Crippen molar-refractivity contribution >= 4 is 15.7 Å². The Labute approximate surface area is 123 Å². The summed E-state index contributed by atoms with van der Waals surface area (Å²) in [5.74, 6) is 0.00757. The predicted octanol–water partition coefficient (Wildman–Crippen LogP) is 1.16. The lowest BCUT2D eigenvalue weighted by molar-refractivity contribution is -0.385. The standard InChI is InChI=1S/C13H19N3O4S/c17-16(18)13-7-2-1-5-11(13)9-15-21(19,20)10-12-6-3-4-8-14-12/h1-2,5,7,12,14-15H,3-4,6,8-10H2. The predicted molar refractivity (Wildman–Crippen MR) is 79.4 cm³/mol. The molecule has 1 atom stereocenters. The minimum absolute atomic E-state index is 0.00757. The van der Waals surface area contributed by atoms with Gasteiger partial charge < -0.3 is 5.32 Å². The summed E-state index contributed by atoms with van der Waals surface area (Å²) in [4.78, 5) is 10.4. The molecule has 8 heteroatoms. The third kappa shape index (κ3) is 4.76. The first-order chi connectivity index (χ1) is 9.98. The van der Waals surface area contributed by atoms with Crippen LogP contribution < -0.4 is 10.0 Å². The maximum absolute atomic E-state index is 12.0. The summed E-state index contributed by atoms with van der Waals surface area (Å²) >= 11 is 0. The summed E-state index contributed by atoms with van der Waals surface area (Å²) in [5, 5.41) is 14.1. The molecule has 2 rings (SSSR count). The third-order valence-electron chi connectivity index (χ3n) is 3.50. The van der Waals surface area contributed by atoms with Gasteiger partial charge in [-0.25, -0.2) is 13.1 Å². The van der Waals surface area contributed by atoms with Crippen LogP contribution in [0, 0.1) is 10.1 Å². The first kappa shape index (κ1) is 15.9. The van der Waals surface area contributed by atoms with Gasteiger partial charge in [-0.3, -0.25) is 10.1 Å². The van der Waals surface area contributed by atoms with E-state index in [-0.39, 0.29) is 24.0 Å². The van der Waals surface area contributed by atoms with Gasteiger partial charge in [0.15, 0.2) is 0 Å². The quantitative estimate of drug-likeness (QED) is 0.606.